The third kappa shape index (κ3) is 2.14. The van der Waals surface area contributed by atoms with E-state index in [9.17, 15) is 9.90 Å². The Morgan fingerprint density at radius 1 is 1.36 bits per heavy atom. The predicted molar refractivity (Wildman–Crippen MR) is 47.1 cm³/mol. The van der Waals surface area contributed by atoms with Crippen molar-refractivity contribution < 1.29 is 24.9 Å². The van der Waals surface area contributed by atoms with E-state index >= 15 is 0 Å². The van der Waals surface area contributed by atoms with E-state index in [0.29, 0.717) is 0 Å². The average molecular weight is 198 g/mol. The van der Waals surface area contributed by atoms with Crippen LogP contribution in [0.25, 0.3) is 0 Å². The van der Waals surface area contributed by atoms with Crippen LogP contribution in [0.2, 0.25) is 0 Å². The Morgan fingerprint density at radius 2 is 2.07 bits per heavy atom. The summed E-state index contributed by atoms with van der Waals surface area (Å²) < 4.78 is 4.55. The van der Waals surface area contributed by atoms with Gasteiger partial charge in [0, 0.05) is 0 Å². The molecule has 14 heavy (non-hydrogen) atoms. The number of aliphatic hydroxyl groups is 1. The van der Waals surface area contributed by atoms with Crippen LogP contribution in [0.5, 0.6) is 11.5 Å². The maximum Gasteiger partial charge on any atom is 0.342 e. The molecule has 0 fully saturated rings. The summed E-state index contributed by atoms with van der Waals surface area (Å²) in [6.45, 7) is -0.431. The van der Waals surface area contributed by atoms with Crippen LogP contribution in [-0.4, -0.2) is 34.5 Å². The number of rotatable bonds is 3. The number of phenols is 2. The highest BCUT2D eigenvalue weighted by molar-refractivity contribution is 5.93. The molecule has 0 heterocycles. The minimum absolute atomic E-state index is 0.126. The van der Waals surface area contributed by atoms with E-state index in [0.717, 1.165) is 0 Å². The first kappa shape index (κ1) is 10.3. The minimum Gasteiger partial charge on any atom is -0.504 e. The molecule has 0 aliphatic rings. The van der Waals surface area contributed by atoms with Gasteiger partial charge in [0.05, 0.1) is 6.61 Å². The molecule has 1 rings (SSSR count). The molecular formula is C9H10O5. The van der Waals surface area contributed by atoms with Crippen molar-refractivity contribution in [2.24, 2.45) is 0 Å². The fraction of sp³-hybridized carbons (Fsp3) is 0.222. The molecule has 0 amide bonds. The van der Waals surface area contributed by atoms with E-state index in [2.05, 4.69) is 4.74 Å². The third-order valence-electron chi connectivity index (χ3n) is 1.56. The summed E-state index contributed by atoms with van der Waals surface area (Å²) in [6.07, 6.45) is 0. The van der Waals surface area contributed by atoms with Gasteiger partial charge in [-0.2, -0.15) is 0 Å². The van der Waals surface area contributed by atoms with Crippen molar-refractivity contribution in [3.05, 3.63) is 23.8 Å². The lowest BCUT2D eigenvalue weighted by Crippen LogP contribution is -2.08. The van der Waals surface area contributed by atoms with Gasteiger partial charge in [-0.25, -0.2) is 4.79 Å². The Balaban J connectivity index is 2.84. The molecule has 0 radical (unpaired) electrons. The number of benzene rings is 1. The van der Waals surface area contributed by atoms with Gasteiger partial charge < -0.3 is 20.1 Å². The van der Waals surface area contributed by atoms with Gasteiger partial charge in [-0.3, -0.25) is 0 Å². The second kappa shape index (κ2) is 4.48. The van der Waals surface area contributed by atoms with E-state index in [-0.39, 0.29) is 24.5 Å². The quantitative estimate of drug-likeness (QED) is 0.478. The van der Waals surface area contributed by atoms with Crippen molar-refractivity contribution in [2.45, 2.75) is 0 Å². The van der Waals surface area contributed by atoms with Crippen LogP contribution in [0, 0.1) is 0 Å². The van der Waals surface area contributed by atoms with Gasteiger partial charge >= 0.3 is 5.97 Å². The van der Waals surface area contributed by atoms with E-state index in [1.165, 1.54) is 18.2 Å². The molecule has 3 N–H and O–H groups in total. The summed E-state index contributed by atoms with van der Waals surface area (Å²) in [4.78, 5) is 11.2. The highest BCUT2D eigenvalue weighted by Crippen LogP contribution is 2.28. The molecule has 0 saturated heterocycles. The van der Waals surface area contributed by atoms with E-state index < -0.39 is 11.7 Å². The largest absolute Gasteiger partial charge is 0.504 e. The molecular weight excluding hydrogens is 188 g/mol. The number of esters is 1. The summed E-state index contributed by atoms with van der Waals surface area (Å²) in [6, 6.07) is 3.97. The van der Waals surface area contributed by atoms with Crippen LogP contribution < -0.4 is 0 Å². The second-order valence-corrected chi connectivity index (χ2v) is 2.53. The lowest BCUT2D eigenvalue weighted by Gasteiger charge is -2.05. The minimum atomic E-state index is -0.785. The van der Waals surface area contributed by atoms with Gasteiger partial charge in [0.15, 0.2) is 11.5 Å². The zero-order valence-corrected chi connectivity index (χ0v) is 7.30. The lowest BCUT2D eigenvalue weighted by atomic mass is 10.2. The van der Waals surface area contributed by atoms with E-state index in [1.807, 2.05) is 0 Å². The topological polar surface area (TPSA) is 87.0 Å². The number of aliphatic hydroxyl groups excluding tert-OH is 1. The predicted octanol–water partition coefficient (Wildman–Crippen LogP) is 0.247. The van der Waals surface area contributed by atoms with Gasteiger partial charge in [-0.15, -0.1) is 0 Å². The molecule has 0 spiro atoms. The molecule has 0 aliphatic heterocycles. The standard InChI is InChI=1S/C9H10O5/c10-4-5-14-9(13)6-2-1-3-7(11)8(6)12/h1-3,10-12H,4-5H2. The Labute approximate surface area is 80.2 Å². The number of hydrogen-bond acceptors (Lipinski definition) is 5. The normalized spacial score (nSPS) is 9.79. The first-order chi connectivity index (χ1) is 6.66. The fourth-order valence-corrected chi connectivity index (χ4v) is 0.912. The monoisotopic (exact) mass is 198 g/mol. The van der Waals surface area contributed by atoms with Gasteiger partial charge in [0.25, 0.3) is 0 Å². The first-order valence-electron chi connectivity index (χ1n) is 3.95. The molecule has 0 bridgehead atoms. The molecule has 0 unspecified atom stereocenters. The summed E-state index contributed by atoms with van der Waals surface area (Å²) >= 11 is 0. The molecule has 1 aromatic rings. The van der Waals surface area contributed by atoms with Crippen molar-refractivity contribution in [3.63, 3.8) is 0 Å². The molecule has 5 heteroatoms. The van der Waals surface area contributed by atoms with E-state index in [1.54, 1.807) is 0 Å². The molecule has 5 nitrogen and oxygen atoms in total. The number of para-hydroxylation sites is 1. The van der Waals surface area contributed by atoms with Crippen LogP contribution in [-0.2, 0) is 4.74 Å². The highest BCUT2D eigenvalue weighted by Gasteiger charge is 2.14. The number of hydrogen-bond donors (Lipinski definition) is 3. The van der Waals surface area contributed by atoms with Crippen molar-refractivity contribution in [3.8, 4) is 11.5 Å². The summed E-state index contributed by atoms with van der Waals surface area (Å²) in [5.41, 5.74) is -0.126. The summed E-state index contributed by atoms with van der Waals surface area (Å²) in [7, 11) is 0. The van der Waals surface area contributed by atoms with Crippen LogP contribution in [0.4, 0.5) is 0 Å². The number of ether oxygens (including phenoxy) is 1. The number of aromatic hydroxyl groups is 2. The Morgan fingerprint density at radius 3 is 2.71 bits per heavy atom. The smallest absolute Gasteiger partial charge is 0.342 e. The maximum absolute atomic E-state index is 11.2. The molecule has 76 valence electrons. The average Bonchev–Trinajstić information content (AvgIpc) is 2.18. The first-order valence-corrected chi connectivity index (χ1v) is 3.95. The van der Waals surface area contributed by atoms with Crippen LogP contribution in [0.1, 0.15) is 10.4 Å². The Kier molecular flexibility index (Phi) is 3.30. The summed E-state index contributed by atoms with van der Waals surface area (Å²) in [5, 5.41) is 26.7. The van der Waals surface area contributed by atoms with Crippen molar-refractivity contribution in [2.75, 3.05) is 13.2 Å². The zero-order chi connectivity index (χ0) is 10.6. The molecule has 0 saturated carbocycles. The van der Waals surface area contributed by atoms with Crippen LogP contribution in [0.3, 0.4) is 0 Å². The SMILES string of the molecule is O=C(OCCO)c1cccc(O)c1O. The zero-order valence-electron chi connectivity index (χ0n) is 7.30. The second-order valence-electron chi connectivity index (χ2n) is 2.53. The number of carbonyl (C=O) groups is 1. The van der Waals surface area contributed by atoms with Gasteiger partial charge in [-0.1, -0.05) is 6.07 Å². The maximum atomic E-state index is 11.2. The van der Waals surface area contributed by atoms with Crippen LogP contribution in [0.15, 0.2) is 18.2 Å². The van der Waals surface area contributed by atoms with Gasteiger partial charge in [-0.05, 0) is 12.1 Å². The van der Waals surface area contributed by atoms with Crippen LogP contribution >= 0.6 is 0 Å². The summed E-state index contributed by atoms with van der Waals surface area (Å²) in [5.74, 6) is -1.69. The van der Waals surface area contributed by atoms with Gasteiger partial charge in [0.1, 0.15) is 12.2 Å². The van der Waals surface area contributed by atoms with Gasteiger partial charge in [0.2, 0.25) is 0 Å². The Hall–Kier alpha value is -1.75. The van der Waals surface area contributed by atoms with Crippen molar-refractivity contribution >= 4 is 5.97 Å². The van der Waals surface area contributed by atoms with Crippen molar-refractivity contribution in [1.82, 2.24) is 0 Å². The number of phenolic OH excluding ortho intramolecular Hbond substituents is 2. The highest BCUT2D eigenvalue weighted by atomic mass is 16.5. The third-order valence-corrected chi connectivity index (χ3v) is 1.56. The lowest BCUT2D eigenvalue weighted by molar-refractivity contribution is 0.0430. The molecule has 0 aliphatic carbocycles. The Bertz CT molecular complexity index is 334. The number of carbonyl (C=O) groups excluding carboxylic acids is 1. The fourth-order valence-electron chi connectivity index (χ4n) is 0.912. The molecule has 0 aromatic heterocycles. The van der Waals surface area contributed by atoms with Crippen molar-refractivity contribution in [1.29, 1.82) is 0 Å². The van der Waals surface area contributed by atoms with E-state index in [4.69, 9.17) is 10.2 Å². The molecule has 0 atom stereocenters. The molecule has 1 aromatic carbocycles.